The van der Waals surface area contributed by atoms with Crippen molar-refractivity contribution in [3.8, 4) is 0 Å². The summed E-state index contributed by atoms with van der Waals surface area (Å²) in [5.41, 5.74) is 0.831. The third-order valence-electron chi connectivity index (χ3n) is 5.52. The third kappa shape index (κ3) is 4.55. The molecule has 0 bridgehead atoms. The zero-order valence-corrected chi connectivity index (χ0v) is 19.4. The number of esters is 2. The minimum Gasteiger partial charge on any atom is -0.465 e. The van der Waals surface area contributed by atoms with Gasteiger partial charge in [0.1, 0.15) is 5.69 Å². The van der Waals surface area contributed by atoms with E-state index in [1.165, 1.54) is 48.9 Å². The first-order valence-corrected chi connectivity index (χ1v) is 11.2. The van der Waals surface area contributed by atoms with E-state index in [4.69, 9.17) is 9.47 Å². The molecular formula is C23H22N4O6S. The Morgan fingerprint density at radius 3 is 2.29 bits per heavy atom. The molecule has 1 aromatic heterocycles. The van der Waals surface area contributed by atoms with Gasteiger partial charge in [-0.25, -0.2) is 14.4 Å². The predicted octanol–water partition coefficient (Wildman–Crippen LogP) is 2.86. The molecule has 0 unspecified atom stereocenters. The molecule has 34 heavy (non-hydrogen) atoms. The number of anilines is 1. The number of amides is 3. The molecule has 2 aromatic carbocycles. The Bertz CT molecular complexity index is 1270. The molecule has 0 saturated carbocycles. The molecule has 1 N–H and O–H groups in total. The van der Waals surface area contributed by atoms with Crippen molar-refractivity contribution >= 4 is 51.2 Å². The van der Waals surface area contributed by atoms with Crippen LogP contribution < -0.4 is 5.32 Å². The lowest BCUT2D eigenvalue weighted by atomic mass is 10.1. The standard InChI is InChI=1S/C23H22N4O6S/c1-32-21(29)14-7-8-15(22(30)33-2)17(13-14)24-23(31)27-11-9-26(10-12-27)20(28)19-16-5-3-4-6-18(16)34-25-19/h3-8,13H,9-12H2,1-2H3,(H,24,31). The van der Waals surface area contributed by atoms with Crippen molar-refractivity contribution in [2.24, 2.45) is 0 Å². The normalized spacial score (nSPS) is 13.5. The minimum atomic E-state index is -0.655. The number of ether oxygens (including phenoxy) is 2. The van der Waals surface area contributed by atoms with Gasteiger partial charge in [-0.1, -0.05) is 18.2 Å². The lowest BCUT2D eigenvalue weighted by Gasteiger charge is -2.34. The number of piperazine rings is 1. The van der Waals surface area contributed by atoms with Gasteiger partial charge in [-0.15, -0.1) is 0 Å². The van der Waals surface area contributed by atoms with Gasteiger partial charge in [-0.2, -0.15) is 4.37 Å². The number of nitrogens with one attached hydrogen (secondary N) is 1. The van der Waals surface area contributed by atoms with Gasteiger partial charge in [0.25, 0.3) is 5.91 Å². The lowest BCUT2D eigenvalue weighted by Crippen LogP contribution is -2.51. The van der Waals surface area contributed by atoms with Crippen LogP contribution in [0.3, 0.4) is 0 Å². The van der Waals surface area contributed by atoms with E-state index in [2.05, 4.69) is 9.69 Å². The average Bonchev–Trinajstić information content (AvgIpc) is 3.31. The first-order chi connectivity index (χ1) is 16.4. The van der Waals surface area contributed by atoms with E-state index in [0.717, 1.165) is 10.1 Å². The summed E-state index contributed by atoms with van der Waals surface area (Å²) < 4.78 is 14.7. The Hall–Kier alpha value is -3.99. The van der Waals surface area contributed by atoms with Crippen molar-refractivity contribution in [2.75, 3.05) is 45.7 Å². The fourth-order valence-corrected chi connectivity index (χ4v) is 4.45. The molecule has 3 amide bonds. The Morgan fingerprint density at radius 1 is 0.912 bits per heavy atom. The highest BCUT2D eigenvalue weighted by atomic mass is 32.1. The summed E-state index contributed by atoms with van der Waals surface area (Å²) in [6.07, 6.45) is 0. The second kappa shape index (κ2) is 9.87. The maximum atomic E-state index is 13.0. The molecule has 3 aromatic rings. The topological polar surface area (TPSA) is 118 Å². The Labute approximate surface area is 199 Å². The van der Waals surface area contributed by atoms with Crippen molar-refractivity contribution in [3.63, 3.8) is 0 Å². The van der Waals surface area contributed by atoms with Crippen molar-refractivity contribution in [3.05, 3.63) is 59.3 Å². The molecule has 1 saturated heterocycles. The third-order valence-corrected chi connectivity index (χ3v) is 6.35. The zero-order chi connectivity index (χ0) is 24.2. The largest absolute Gasteiger partial charge is 0.465 e. The van der Waals surface area contributed by atoms with Crippen LogP contribution in [-0.2, 0) is 9.47 Å². The van der Waals surface area contributed by atoms with Gasteiger partial charge in [-0.05, 0) is 35.8 Å². The number of urea groups is 1. The summed E-state index contributed by atoms with van der Waals surface area (Å²) >= 11 is 1.28. The van der Waals surface area contributed by atoms with Gasteiger partial charge in [0, 0.05) is 31.6 Å². The first-order valence-electron chi connectivity index (χ1n) is 10.4. The predicted molar refractivity (Wildman–Crippen MR) is 125 cm³/mol. The fraction of sp³-hybridized carbons (Fsp3) is 0.261. The molecule has 11 heteroatoms. The molecule has 0 atom stereocenters. The maximum absolute atomic E-state index is 13.0. The van der Waals surface area contributed by atoms with Gasteiger partial charge in [0.2, 0.25) is 0 Å². The van der Waals surface area contributed by atoms with Crippen molar-refractivity contribution < 1.29 is 28.7 Å². The highest BCUT2D eigenvalue weighted by Crippen LogP contribution is 2.24. The molecule has 0 aliphatic carbocycles. The van der Waals surface area contributed by atoms with E-state index in [0.29, 0.717) is 31.9 Å². The smallest absolute Gasteiger partial charge is 0.339 e. The number of carbonyl (C=O) groups is 4. The second-order valence-corrected chi connectivity index (χ2v) is 8.29. The number of hydrogen-bond donors (Lipinski definition) is 1. The highest BCUT2D eigenvalue weighted by molar-refractivity contribution is 7.13. The molecule has 2 heterocycles. The number of methoxy groups -OCH3 is 2. The summed E-state index contributed by atoms with van der Waals surface area (Å²) in [7, 11) is 2.47. The van der Waals surface area contributed by atoms with Crippen LogP contribution in [0.25, 0.3) is 10.1 Å². The highest BCUT2D eigenvalue weighted by Gasteiger charge is 2.28. The Balaban J connectivity index is 1.44. The van der Waals surface area contributed by atoms with Crippen LogP contribution in [0.1, 0.15) is 31.2 Å². The van der Waals surface area contributed by atoms with Crippen LogP contribution in [0, 0.1) is 0 Å². The lowest BCUT2D eigenvalue weighted by molar-refractivity contribution is 0.0587. The quantitative estimate of drug-likeness (QED) is 0.568. The number of hydrogen-bond acceptors (Lipinski definition) is 8. The van der Waals surface area contributed by atoms with Crippen molar-refractivity contribution in [2.45, 2.75) is 0 Å². The summed E-state index contributed by atoms with van der Waals surface area (Å²) in [6.45, 7) is 1.27. The van der Waals surface area contributed by atoms with Crippen LogP contribution in [0.4, 0.5) is 10.5 Å². The summed E-state index contributed by atoms with van der Waals surface area (Å²) in [6, 6.07) is 11.3. The van der Waals surface area contributed by atoms with Gasteiger partial charge in [0.15, 0.2) is 0 Å². The fourth-order valence-electron chi connectivity index (χ4n) is 3.68. The Kier molecular flexibility index (Phi) is 6.73. The van der Waals surface area contributed by atoms with E-state index in [-0.39, 0.29) is 22.7 Å². The van der Waals surface area contributed by atoms with Crippen LogP contribution >= 0.6 is 11.5 Å². The Morgan fingerprint density at radius 2 is 1.59 bits per heavy atom. The average molecular weight is 483 g/mol. The monoisotopic (exact) mass is 482 g/mol. The van der Waals surface area contributed by atoms with E-state index in [1.54, 1.807) is 4.90 Å². The number of benzene rings is 2. The molecule has 1 fully saturated rings. The van der Waals surface area contributed by atoms with Crippen LogP contribution in [0.15, 0.2) is 42.5 Å². The number of rotatable bonds is 4. The summed E-state index contributed by atoms with van der Waals surface area (Å²) in [5.74, 6) is -1.43. The minimum absolute atomic E-state index is 0.104. The molecule has 176 valence electrons. The summed E-state index contributed by atoms with van der Waals surface area (Å²) in [4.78, 5) is 53.1. The van der Waals surface area contributed by atoms with E-state index in [9.17, 15) is 19.2 Å². The van der Waals surface area contributed by atoms with Crippen LogP contribution in [0.5, 0.6) is 0 Å². The van der Waals surface area contributed by atoms with Crippen molar-refractivity contribution in [1.29, 1.82) is 0 Å². The SMILES string of the molecule is COC(=O)c1ccc(C(=O)OC)c(NC(=O)N2CCN(C(=O)c3nsc4ccccc34)CC2)c1. The zero-order valence-electron chi connectivity index (χ0n) is 18.6. The molecule has 0 spiro atoms. The van der Waals surface area contributed by atoms with Crippen molar-refractivity contribution in [1.82, 2.24) is 14.2 Å². The number of fused-ring (bicyclic) bond motifs is 1. The summed E-state index contributed by atoms with van der Waals surface area (Å²) in [5, 5.41) is 3.49. The van der Waals surface area contributed by atoms with E-state index < -0.39 is 18.0 Å². The van der Waals surface area contributed by atoms with Crippen LogP contribution in [-0.4, -0.2) is 78.4 Å². The second-order valence-electron chi connectivity index (χ2n) is 7.48. The van der Waals surface area contributed by atoms with Gasteiger partial charge in [-0.3, -0.25) is 4.79 Å². The first kappa shape index (κ1) is 23.2. The molecule has 1 aliphatic rings. The van der Waals surface area contributed by atoms with Gasteiger partial charge >= 0.3 is 18.0 Å². The molecule has 0 radical (unpaired) electrons. The van der Waals surface area contributed by atoms with E-state index in [1.807, 2.05) is 24.3 Å². The molecule has 4 rings (SSSR count). The molecule has 1 aliphatic heterocycles. The van der Waals surface area contributed by atoms with E-state index >= 15 is 0 Å². The van der Waals surface area contributed by atoms with Crippen LogP contribution in [0.2, 0.25) is 0 Å². The number of aromatic nitrogens is 1. The van der Waals surface area contributed by atoms with Gasteiger partial charge < -0.3 is 24.6 Å². The number of carbonyl (C=O) groups excluding carboxylic acids is 4. The molecule has 10 nitrogen and oxygen atoms in total. The maximum Gasteiger partial charge on any atom is 0.339 e. The van der Waals surface area contributed by atoms with Gasteiger partial charge in [0.05, 0.1) is 35.7 Å². The number of nitrogens with zero attached hydrogens (tertiary/aromatic N) is 3. The molecular weight excluding hydrogens is 460 g/mol.